The maximum absolute atomic E-state index is 12.7. The first-order valence-corrected chi connectivity index (χ1v) is 9.23. The maximum atomic E-state index is 12.7. The third-order valence-electron chi connectivity index (χ3n) is 3.99. The molecule has 0 spiro atoms. The molecule has 0 aliphatic heterocycles. The van der Waals surface area contributed by atoms with Gasteiger partial charge >= 0.3 is 6.18 Å². The average molecular weight is 551 g/mol. The Hall–Kier alpha value is -2.64. The summed E-state index contributed by atoms with van der Waals surface area (Å²) in [6.07, 6.45) is -2.77. The number of carbonyl (C=O) groups excluding carboxylic acids is 1. The number of aliphatic imine (C=N–C) groups is 1. The molecule has 0 unspecified atom stereocenters. The number of hydrogen-bond donors (Lipinski definition) is 4. The van der Waals surface area contributed by atoms with Crippen molar-refractivity contribution in [1.82, 2.24) is 25.9 Å². The Morgan fingerprint density at radius 1 is 1.13 bits per heavy atom. The van der Waals surface area contributed by atoms with Crippen molar-refractivity contribution >= 4 is 41.8 Å². The number of halogens is 4. The molecule has 0 bridgehead atoms. The number of hydrogen-bond acceptors (Lipinski definition) is 5. The van der Waals surface area contributed by atoms with Gasteiger partial charge in [0.25, 0.3) is 5.91 Å². The summed E-state index contributed by atoms with van der Waals surface area (Å²) >= 11 is 0. The molecule has 1 amide bonds. The number of nitrogens with zero attached hydrogens (tertiary/aromatic N) is 3. The van der Waals surface area contributed by atoms with Crippen LogP contribution in [-0.2, 0) is 12.6 Å². The van der Waals surface area contributed by atoms with Crippen molar-refractivity contribution in [2.75, 3.05) is 39.0 Å². The number of alkyl halides is 3. The van der Waals surface area contributed by atoms with E-state index >= 15 is 0 Å². The molecule has 0 aliphatic carbocycles. The van der Waals surface area contributed by atoms with Crippen LogP contribution in [0.2, 0.25) is 0 Å². The molecule has 12 heteroatoms. The first kappa shape index (κ1) is 26.4. The van der Waals surface area contributed by atoms with Crippen LogP contribution in [-0.4, -0.2) is 55.6 Å². The zero-order valence-electron chi connectivity index (χ0n) is 17.1. The SMILES string of the molecule is CN=C(NCCNc1nccc(C(F)(F)F)n1)NCCc1cccc(C(=O)NC)c1.I. The van der Waals surface area contributed by atoms with Gasteiger partial charge in [0.05, 0.1) is 0 Å². The van der Waals surface area contributed by atoms with Crippen LogP contribution in [0.15, 0.2) is 41.5 Å². The van der Waals surface area contributed by atoms with Crippen molar-refractivity contribution in [1.29, 1.82) is 0 Å². The Kier molecular flexibility index (Phi) is 11.0. The van der Waals surface area contributed by atoms with Crippen LogP contribution in [0.3, 0.4) is 0 Å². The minimum atomic E-state index is -4.51. The van der Waals surface area contributed by atoms with Gasteiger partial charge in [-0.3, -0.25) is 9.79 Å². The third kappa shape index (κ3) is 8.94. The fourth-order valence-corrected chi connectivity index (χ4v) is 2.52. The quantitative estimate of drug-likeness (QED) is 0.174. The second kappa shape index (κ2) is 12.9. The van der Waals surface area contributed by atoms with Crippen LogP contribution in [0.1, 0.15) is 21.6 Å². The van der Waals surface area contributed by atoms with Crippen molar-refractivity contribution in [2.45, 2.75) is 12.6 Å². The molecular formula is C19H25F3IN7O. The molecule has 0 fully saturated rings. The molecular weight excluding hydrogens is 526 g/mol. The van der Waals surface area contributed by atoms with Crippen molar-refractivity contribution in [3.63, 3.8) is 0 Å². The molecule has 0 radical (unpaired) electrons. The van der Waals surface area contributed by atoms with Crippen LogP contribution in [0, 0.1) is 0 Å². The van der Waals surface area contributed by atoms with Crippen molar-refractivity contribution in [3.8, 4) is 0 Å². The Labute approximate surface area is 195 Å². The summed E-state index contributed by atoms with van der Waals surface area (Å²) in [5.41, 5.74) is 0.605. The highest BCUT2D eigenvalue weighted by Crippen LogP contribution is 2.27. The van der Waals surface area contributed by atoms with Crippen LogP contribution >= 0.6 is 24.0 Å². The van der Waals surface area contributed by atoms with Crippen molar-refractivity contribution < 1.29 is 18.0 Å². The highest BCUT2D eigenvalue weighted by Gasteiger charge is 2.32. The molecule has 1 heterocycles. The van der Waals surface area contributed by atoms with Crippen molar-refractivity contribution in [2.24, 2.45) is 4.99 Å². The first-order chi connectivity index (χ1) is 14.3. The van der Waals surface area contributed by atoms with Crippen molar-refractivity contribution in [3.05, 3.63) is 53.3 Å². The second-order valence-electron chi connectivity index (χ2n) is 6.15. The lowest BCUT2D eigenvalue weighted by atomic mass is 10.1. The van der Waals surface area contributed by atoms with E-state index in [-0.39, 0.29) is 35.8 Å². The van der Waals surface area contributed by atoms with E-state index in [1.54, 1.807) is 20.2 Å². The van der Waals surface area contributed by atoms with E-state index in [0.29, 0.717) is 37.6 Å². The molecule has 0 saturated heterocycles. The number of carbonyl (C=O) groups is 1. The Morgan fingerprint density at radius 3 is 2.55 bits per heavy atom. The largest absolute Gasteiger partial charge is 0.433 e. The van der Waals surface area contributed by atoms with E-state index < -0.39 is 11.9 Å². The van der Waals surface area contributed by atoms with Gasteiger partial charge in [0.2, 0.25) is 5.95 Å². The minimum Gasteiger partial charge on any atom is -0.356 e. The minimum absolute atomic E-state index is 0. The number of rotatable bonds is 8. The summed E-state index contributed by atoms with van der Waals surface area (Å²) < 4.78 is 38.0. The zero-order chi connectivity index (χ0) is 22.0. The van der Waals surface area contributed by atoms with E-state index in [1.165, 1.54) is 0 Å². The van der Waals surface area contributed by atoms with Gasteiger partial charge in [-0.15, -0.1) is 24.0 Å². The van der Waals surface area contributed by atoms with Gasteiger partial charge in [-0.2, -0.15) is 13.2 Å². The number of anilines is 1. The Morgan fingerprint density at radius 2 is 1.87 bits per heavy atom. The topological polar surface area (TPSA) is 103 Å². The molecule has 31 heavy (non-hydrogen) atoms. The summed E-state index contributed by atoms with van der Waals surface area (Å²) in [6, 6.07) is 8.16. The number of guanidine groups is 1. The molecule has 170 valence electrons. The van der Waals surface area contributed by atoms with Crippen LogP contribution in [0.4, 0.5) is 19.1 Å². The van der Waals surface area contributed by atoms with E-state index in [4.69, 9.17) is 0 Å². The summed E-state index contributed by atoms with van der Waals surface area (Å²) in [6.45, 7) is 1.28. The van der Waals surface area contributed by atoms with Gasteiger partial charge in [-0.05, 0) is 30.2 Å². The summed E-state index contributed by atoms with van der Waals surface area (Å²) in [5, 5.41) is 11.5. The Balaban J connectivity index is 0.00000480. The van der Waals surface area contributed by atoms with Crippen LogP contribution in [0.5, 0.6) is 0 Å². The molecule has 1 aromatic carbocycles. The summed E-state index contributed by atoms with van der Waals surface area (Å²) in [7, 11) is 3.20. The normalized spacial score (nSPS) is 11.3. The molecule has 4 N–H and O–H groups in total. The number of amides is 1. The van der Waals surface area contributed by atoms with Gasteiger partial charge in [0.15, 0.2) is 5.96 Å². The lowest BCUT2D eigenvalue weighted by molar-refractivity contribution is -0.141. The molecule has 8 nitrogen and oxygen atoms in total. The smallest absolute Gasteiger partial charge is 0.356 e. The van der Waals surface area contributed by atoms with Crippen LogP contribution < -0.4 is 21.3 Å². The lowest BCUT2D eigenvalue weighted by Gasteiger charge is -2.13. The first-order valence-electron chi connectivity index (χ1n) is 9.23. The van der Waals surface area contributed by atoms with Gasteiger partial charge < -0.3 is 21.3 Å². The summed E-state index contributed by atoms with van der Waals surface area (Å²) in [5.74, 6) is 0.314. The standard InChI is InChI=1S/C19H24F3N7O.HI/c1-23-16(30)14-5-3-4-13(12-14)6-8-25-17(24-2)27-10-11-28-18-26-9-7-15(29-18)19(20,21)22;/h3-5,7,9,12H,6,8,10-11H2,1-2H3,(H,23,30)(H2,24,25,27)(H,26,28,29);1H. The number of benzene rings is 1. The molecule has 0 aliphatic rings. The van der Waals surface area contributed by atoms with E-state index in [0.717, 1.165) is 17.8 Å². The Bertz CT molecular complexity index is 878. The zero-order valence-corrected chi connectivity index (χ0v) is 19.4. The highest BCUT2D eigenvalue weighted by molar-refractivity contribution is 14.0. The van der Waals surface area contributed by atoms with Gasteiger partial charge in [-0.1, -0.05) is 12.1 Å². The van der Waals surface area contributed by atoms with Gasteiger partial charge in [-0.25, -0.2) is 9.97 Å². The van der Waals surface area contributed by atoms with E-state index in [2.05, 4.69) is 36.2 Å². The second-order valence-corrected chi connectivity index (χ2v) is 6.15. The number of nitrogens with one attached hydrogen (secondary N) is 4. The fourth-order valence-electron chi connectivity index (χ4n) is 2.52. The molecule has 0 atom stereocenters. The maximum Gasteiger partial charge on any atom is 0.433 e. The average Bonchev–Trinajstić information content (AvgIpc) is 2.74. The third-order valence-corrected chi connectivity index (χ3v) is 3.99. The highest BCUT2D eigenvalue weighted by atomic mass is 127. The lowest BCUT2D eigenvalue weighted by Crippen LogP contribution is -2.40. The molecule has 0 saturated carbocycles. The predicted octanol–water partition coefficient (Wildman–Crippen LogP) is 2.29. The van der Waals surface area contributed by atoms with Gasteiger partial charge in [0, 0.05) is 45.5 Å². The molecule has 2 rings (SSSR count). The van der Waals surface area contributed by atoms with Gasteiger partial charge in [0.1, 0.15) is 5.69 Å². The molecule has 1 aromatic heterocycles. The fraction of sp³-hybridized carbons (Fsp3) is 0.368. The summed E-state index contributed by atoms with van der Waals surface area (Å²) in [4.78, 5) is 23.0. The monoisotopic (exact) mass is 551 g/mol. The molecule has 2 aromatic rings. The van der Waals surface area contributed by atoms with E-state index in [9.17, 15) is 18.0 Å². The van der Waals surface area contributed by atoms with E-state index in [1.807, 2.05) is 18.2 Å². The predicted molar refractivity (Wildman–Crippen MR) is 124 cm³/mol. The number of aromatic nitrogens is 2. The van der Waals surface area contributed by atoms with Crippen LogP contribution in [0.25, 0.3) is 0 Å².